The normalized spacial score (nSPS) is 28.0. The highest BCUT2D eigenvalue weighted by Gasteiger charge is 2.33. The van der Waals surface area contributed by atoms with Gasteiger partial charge in [-0.1, -0.05) is 36.4 Å². The highest BCUT2D eigenvalue weighted by molar-refractivity contribution is 8.18. The summed E-state index contributed by atoms with van der Waals surface area (Å²) in [4.78, 5) is 30.7. The Kier molecular flexibility index (Phi) is 5.29. The molecule has 2 amide bonds. The number of primary amides is 1. The summed E-state index contributed by atoms with van der Waals surface area (Å²) in [5.74, 6) is -0.304. The van der Waals surface area contributed by atoms with Gasteiger partial charge in [0.1, 0.15) is 0 Å². The number of nitrogens with zero attached hydrogens (tertiary/aromatic N) is 2. The minimum atomic E-state index is -0.236. The zero-order valence-electron chi connectivity index (χ0n) is 14.9. The summed E-state index contributed by atoms with van der Waals surface area (Å²) >= 11 is 1.43. The fraction of sp³-hybridized carbons (Fsp3) is 0.421. The molecule has 4 N–H and O–H groups in total. The van der Waals surface area contributed by atoms with Gasteiger partial charge in [0.25, 0.3) is 5.91 Å². The molecule has 0 bridgehead atoms. The monoisotopic (exact) mass is 385 g/mol. The number of carbonyl (C=O) groups is 2. The number of nitrogens with one attached hydrogen (secondary N) is 2. The highest BCUT2D eigenvalue weighted by atomic mass is 32.2. The van der Waals surface area contributed by atoms with Gasteiger partial charge in [0.05, 0.1) is 10.9 Å². The Morgan fingerprint density at radius 3 is 2.70 bits per heavy atom. The van der Waals surface area contributed by atoms with E-state index in [1.807, 2.05) is 24.3 Å². The first kappa shape index (κ1) is 18.2. The molecule has 2 saturated heterocycles. The number of amides is 2. The maximum absolute atomic E-state index is 12.4. The van der Waals surface area contributed by atoms with E-state index in [2.05, 4.69) is 32.9 Å². The van der Waals surface area contributed by atoms with Crippen LogP contribution < -0.4 is 16.6 Å². The number of rotatable bonds is 3. The molecule has 2 fully saturated rings. The number of carbonyl (C=O) groups excluding carboxylic acids is 2. The molecule has 3 aliphatic rings. The summed E-state index contributed by atoms with van der Waals surface area (Å²) in [6, 6.07) is 10.3. The fourth-order valence-electron chi connectivity index (χ4n) is 3.75. The van der Waals surface area contributed by atoms with Gasteiger partial charge in [0.2, 0.25) is 5.91 Å². The zero-order chi connectivity index (χ0) is 18.8. The van der Waals surface area contributed by atoms with E-state index in [-0.39, 0.29) is 29.7 Å². The van der Waals surface area contributed by atoms with E-state index < -0.39 is 0 Å². The Morgan fingerprint density at radius 2 is 2.00 bits per heavy atom. The second-order valence-corrected chi connectivity index (χ2v) is 8.08. The molecule has 27 heavy (non-hydrogen) atoms. The average molecular weight is 385 g/mol. The van der Waals surface area contributed by atoms with E-state index in [1.54, 1.807) is 0 Å². The van der Waals surface area contributed by atoms with Crippen molar-refractivity contribution in [2.75, 3.05) is 19.6 Å². The summed E-state index contributed by atoms with van der Waals surface area (Å²) in [6.07, 6.45) is 3.47. The van der Waals surface area contributed by atoms with Crippen LogP contribution in [0.2, 0.25) is 0 Å². The third kappa shape index (κ3) is 3.92. The van der Waals surface area contributed by atoms with E-state index in [0.29, 0.717) is 30.8 Å². The quantitative estimate of drug-likeness (QED) is 0.676. The number of thioether (sulfide) groups is 1. The van der Waals surface area contributed by atoms with Crippen molar-refractivity contribution >= 4 is 28.7 Å². The van der Waals surface area contributed by atoms with Gasteiger partial charge in [-0.15, -0.1) is 0 Å². The van der Waals surface area contributed by atoms with Gasteiger partial charge < -0.3 is 10.6 Å². The topological polar surface area (TPSA) is 99.8 Å². The standard InChI is InChI=1S/C19H23N5O2S/c20-17(25)13-6-8-24(9-7-13)19-22-18(26)15(27-19)10-14-11-21-23-16(14)12-4-2-1-3-5-12/h1-5,10,13-14,16,21,23H,6-9,11H2,(H2,20,25)/b15-10-. The summed E-state index contributed by atoms with van der Waals surface area (Å²) in [5, 5.41) is 0.740. The van der Waals surface area contributed by atoms with Crippen molar-refractivity contribution in [3.63, 3.8) is 0 Å². The van der Waals surface area contributed by atoms with Crippen LogP contribution in [0.4, 0.5) is 0 Å². The van der Waals surface area contributed by atoms with Crippen molar-refractivity contribution in [1.29, 1.82) is 0 Å². The number of hydrogen-bond donors (Lipinski definition) is 3. The first-order valence-electron chi connectivity index (χ1n) is 9.22. The molecule has 0 spiro atoms. The molecule has 3 heterocycles. The lowest BCUT2D eigenvalue weighted by atomic mass is 9.94. The fourth-order valence-corrected chi connectivity index (χ4v) is 4.77. The van der Waals surface area contributed by atoms with Crippen molar-refractivity contribution in [3.8, 4) is 0 Å². The summed E-state index contributed by atoms with van der Waals surface area (Å²) in [6.45, 7) is 2.18. The van der Waals surface area contributed by atoms with Crippen LogP contribution in [0.25, 0.3) is 0 Å². The molecule has 8 heteroatoms. The Morgan fingerprint density at radius 1 is 1.26 bits per heavy atom. The van der Waals surface area contributed by atoms with Crippen LogP contribution in [-0.2, 0) is 9.59 Å². The molecule has 2 unspecified atom stereocenters. The molecular formula is C19H23N5O2S. The van der Waals surface area contributed by atoms with E-state index in [9.17, 15) is 9.59 Å². The molecule has 2 atom stereocenters. The number of hydrogen-bond acceptors (Lipinski definition) is 6. The number of amidine groups is 1. The minimum absolute atomic E-state index is 0.0683. The molecular weight excluding hydrogens is 362 g/mol. The van der Waals surface area contributed by atoms with Crippen LogP contribution in [0.1, 0.15) is 24.4 Å². The van der Waals surface area contributed by atoms with Gasteiger partial charge in [-0.2, -0.15) is 4.99 Å². The molecule has 1 aromatic carbocycles. The Hall–Kier alpha value is -2.16. The third-order valence-corrected chi connectivity index (χ3v) is 6.39. The first-order valence-corrected chi connectivity index (χ1v) is 10.0. The van der Waals surface area contributed by atoms with Crippen LogP contribution in [0, 0.1) is 11.8 Å². The summed E-state index contributed by atoms with van der Waals surface area (Å²) in [5.41, 5.74) is 13.1. The Labute approximate surface area is 162 Å². The number of likely N-dealkylation sites (tertiary alicyclic amines) is 1. The van der Waals surface area contributed by atoms with Gasteiger partial charge in [-0.05, 0) is 30.2 Å². The molecule has 7 nitrogen and oxygen atoms in total. The minimum Gasteiger partial charge on any atom is -0.369 e. The van der Waals surface area contributed by atoms with Gasteiger partial charge >= 0.3 is 0 Å². The van der Waals surface area contributed by atoms with E-state index >= 15 is 0 Å². The molecule has 142 valence electrons. The highest BCUT2D eigenvalue weighted by Crippen LogP contribution is 2.34. The summed E-state index contributed by atoms with van der Waals surface area (Å²) in [7, 11) is 0. The number of aliphatic imine (C=N–C) groups is 1. The number of piperidine rings is 1. The van der Waals surface area contributed by atoms with Gasteiger partial charge in [-0.3, -0.25) is 15.0 Å². The Bertz CT molecular complexity index is 787. The molecule has 4 rings (SSSR count). The van der Waals surface area contributed by atoms with Crippen LogP contribution in [0.3, 0.4) is 0 Å². The SMILES string of the molecule is NC(=O)C1CCN(C2=NC(=O)/C(=C/C3CNNC3c3ccccc3)S2)CC1. The van der Waals surface area contributed by atoms with Crippen LogP contribution >= 0.6 is 11.8 Å². The van der Waals surface area contributed by atoms with E-state index in [0.717, 1.165) is 11.7 Å². The lowest BCUT2D eigenvalue weighted by Crippen LogP contribution is -2.40. The summed E-state index contributed by atoms with van der Waals surface area (Å²) < 4.78 is 0. The Balaban J connectivity index is 1.42. The first-order chi connectivity index (χ1) is 13.1. The van der Waals surface area contributed by atoms with Crippen molar-refractivity contribution in [3.05, 3.63) is 46.9 Å². The smallest absolute Gasteiger partial charge is 0.285 e. The molecule has 3 aliphatic heterocycles. The second-order valence-electron chi connectivity index (χ2n) is 7.07. The van der Waals surface area contributed by atoms with E-state index in [4.69, 9.17) is 5.73 Å². The molecule has 0 aromatic heterocycles. The molecule has 0 saturated carbocycles. The van der Waals surface area contributed by atoms with Crippen molar-refractivity contribution in [2.24, 2.45) is 22.6 Å². The predicted octanol–water partition coefficient (Wildman–Crippen LogP) is 1.16. The zero-order valence-corrected chi connectivity index (χ0v) is 15.7. The lowest BCUT2D eigenvalue weighted by Gasteiger charge is -2.31. The van der Waals surface area contributed by atoms with Gasteiger partial charge in [0.15, 0.2) is 5.17 Å². The third-order valence-electron chi connectivity index (χ3n) is 5.32. The van der Waals surface area contributed by atoms with E-state index in [1.165, 1.54) is 17.3 Å². The van der Waals surface area contributed by atoms with Gasteiger partial charge in [-0.25, -0.2) is 5.43 Å². The van der Waals surface area contributed by atoms with Crippen LogP contribution in [-0.4, -0.2) is 41.5 Å². The van der Waals surface area contributed by atoms with Crippen molar-refractivity contribution in [2.45, 2.75) is 18.9 Å². The lowest BCUT2D eigenvalue weighted by molar-refractivity contribution is -0.123. The van der Waals surface area contributed by atoms with Crippen LogP contribution in [0.5, 0.6) is 0 Å². The molecule has 1 aromatic rings. The number of benzene rings is 1. The maximum Gasteiger partial charge on any atom is 0.285 e. The second kappa shape index (κ2) is 7.84. The number of hydrazine groups is 1. The average Bonchev–Trinajstić information content (AvgIpc) is 3.30. The predicted molar refractivity (Wildman–Crippen MR) is 105 cm³/mol. The largest absolute Gasteiger partial charge is 0.369 e. The maximum atomic E-state index is 12.4. The van der Waals surface area contributed by atoms with Gasteiger partial charge in [0, 0.05) is 31.5 Å². The van der Waals surface area contributed by atoms with Crippen molar-refractivity contribution < 1.29 is 9.59 Å². The van der Waals surface area contributed by atoms with Crippen LogP contribution in [0.15, 0.2) is 46.3 Å². The molecule has 0 aliphatic carbocycles. The number of nitrogens with two attached hydrogens (primary N) is 1. The van der Waals surface area contributed by atoms with Crippen molar-refractivity contribution in [1.82, 2.24) is 15.8 Å². The molecule has 0 radical (unpaired) electrons.